The van der Waals surface area contributed by atoms with Gasteiger partial charge in [-0.05, 0) is 30.2 Å². The minimum Gasteiger partial charge on any atom is -0.472 e. The molecule has 6 nitrogen and oxygen atoms in total. The third kappa shape index (κ3) is 1.85. The first kappa shape index (κ1) is 15.9. The highest BCUT2D eigenvalue weighted by atomic mass is 16.6. The lowest BCUT2D eigenvalue weighted by atomic mass is 9.46. The number of cyclic esters (lactones) is 2. The number of aliphatic hydroxyl groups is 1. The van der Waals surface area contributed by atoms with Crippen molar-refractivity contribution in [2.24, 2.45) is 22.7 Å². The van der Waals surface area contributed by atoms with Gasteiger partial charge in [-0.1, -0.05) is 25.2 Å². The number of carbonyl (C=O) groups is 2. The van der Waals surface area contributed by atoms with Crippen molar-refractivity contribution in [2.45, 2.75) is 32.0 Å². The van der Waals surface area contributed by atoms with Gasteiger partial charge < -0.3 is 19.0 Å². The summed E-state index contributed by atoms with van der Waals surface area (Å²) in [6, 6.07) is 1.79. The number of carbonyl (C=O) groups excluding carboxylic acids is 2. The Bertz CT molecular complexity index is 836. The highest BCUT2D eigenvalue weighted by molar-refractivity contribution is 5.93. The van der Waals surface area contributed by atoms with Crippen molar-refractivity contribution in [1.82, 2.24) is 0 Å². The Balaban J connectivity index is 1.61. The third-order valence-corrected chi connectivity index (χ3v) is 6.81. The van der Waals surface area contributed by atoms with E-state index in [0.717, 1.165) is 5.56 Å². The largest absolute Gasteiger partial charge is 0.472 e. The molecule has 26 heavy (non-hydrogen) atoms. The summed E-state index contributed by atoms with van der Waals surface area (Å²) in [7, 11) is 0. The molecule has 5 rings (SSSR count). The van der Waals surface area contributed by atoms with Gasteiger partial charge in [0.25, 0.3) is 0 Å². The summed E-state index contributed by atoms with van der Waals surface area (Å²) in [5.74, 6) is -1.42. The number of rotatable bonds is 1. The summed E-state index contributed by atoms with van der Waals surface area (Å²) in [4.78, 5) is 25.1. The SMILES string of the molecule is C[C@]12C[C@H](c3ccoc3)OC(=O)[C@@H]1[C@H](O)C[C@]13COC(=O)C1=CC=C[C@@H]32. The molecule has 1 spiro atoms. The average molecular weight is 356 g/mol. The van der Waals surface area contributed by atoms with Crippen LogP contribution in [0.1, 0.15) is 31.4 Å². The zero-order chi connectivity index (χ0) is 18.1. The van der Waals surface area contributed by atoms with Gasteiger partial charge in [-0.3, -0.25) is 4.79 Å². The van der Waals surface area contributed by atoms with Crippen molar-refractivity contribution < 1.29 is 28.6 Å². The van der Waals surface area contributed by atoms with Crippen LogP contribution in [-0.4, -0.2) is 29.8 Å². The second-order valence-corrected chi connectivity index (χ2v) is 8.12. The predicted molar refractivity (Wildman–Crippen MR) is 88.5 cm³/mol. The van der Waals surface area contributed by atoms with Crippen LogP contribution in [0.25, 0.3) is 0 Å². The molecule has 0 amide bonds. The molecule has 1 N–H and O–H groups in total. The minimum atomic E-state index is -0.876. The Morgan fingerprint density at radius 2 is 2.12 bits per heavy atom. The number of fused-ring (bicyclic) bond motifs is 2. The topological polar surface area (TPSA) is 86.0 Å². The molecule has 0 aromatic carbocycles. The summed E-state index contributed by atoms with van der Waals surface area (Å²) in [5.41, 5.74) is 0.289. The van der Waals surface area contributed by atoms with Crippen LogP contribution in [0.15, 0.2) is 46.8 Å². The van der Waals surface area contributed by atoms with E-state index < -0.39 is 29.0 Å². The molecule has 2 saturated heterocycles. The molecule has 0 radical (unpaired) electrons. The second-order valence-electron chi connectivity index (χ2n) is 8.12. The van der Waals surface area contributed by atoms with E-state index in [0.29, 0.717) is 18.4 Å². The molecule has 1 saturated carbocycles. The fraction of sp³-hybridized carbons (Fsp3) is 0.500. The number of aliphatic hydroxyl groups excluding tert-OH is 1. The van der Waals surface area contributed by atoms with Crippen molar-refractivity contribution in [1.29, 1.82) is 0 Å². The van der Waals surface area contributed by atoms with Crippen molar-refractivity contribution in [3.05, 3.63) is 48.0 Å². The molecule has 6 atom stereocenters. The fourth-order valence-corrected chi connectivity index (χ4v) is 5.74. The standard InChI is InChI=1S/C20H20O6/c1-19-8-14(11-5-6-24-9-11)26-18(23)16(19)13(21)7-20-10-25-17(22)12(20)3-2-4-15(19)20/h2-6,9,13-16,21H,7-8,10H2,1H3/t13-,14-,15-,16+,19-,20+/m1/s1. The molecule has 2 aliphatic heterocycles. The highest BCUT2D eigenvalue weighted by Gasteiger charge is 2.67. The molecule has 6 heteroatoms. The Hall–Kier alpha value is -2.34. The minimum absolute atomic E-state index is 0.0860. The van der Waals surface area contributed by atoms with Gasteiger partial charge in [0.15, 0.2) is 0 Å². The lowest BCUT2D eigenvalue weighted by Crippen LogP contribution is -2.61. The monoisotopic (exact) mass is 356 g/mol. The molecule has 1 aromatic heterocycles. The first-order chi connectivity index (χ1) is 12.5. The molecule has 0 bridgehead atoms. The van der Waals surface area contributed by atoms with Crippen molar-refractivity contribution in [3.8, 4) is 0 Å². The quantitative estimate of drug-likeness (QED) is 0.777. The van der Waals surface area contributed by atoms with Crippen LogP contribution < -0.4 is 0 Å². The van der Waals surface area contributed by atoms with Gasteiger partial charge in [-0.15, -0.1) is 0 Å². The van der Waals surface area contributed by atoms with Crippen LogP contribution in [0.2, 0.25) is 0 Å². The van der Waals surface area contributed by atoms with Gasteiger partial charge in [0.1, 0.15) is 12.7 Å². The van der Waals surface area contributed by atoms with Crippen LogP contribution in [0.3, 0.4) is 0 Å². The first-order valence-corrected chi connectivity index (χ1v) is 8.92. The Kier molecular flexibility index (Phi) is 3.11. The Morgan fingerprint density at radius 1 is 1.27 bits per heavy atom. The van der Waals surface area contributed by atoms with Crippen molar-refractivity contribution in [3.63, 3.8) is 0 Å². The summed E-state index contributed by atoms with van der Waals surface area (Å²) >= 11 is 0. The average Bonchev–Trinajstić information content (AvgIpc) is 3.22. The molecule has 1 aromatic rings. The van der Waals surface area contributed by atoms with Gasteiger partial charge in [0, 0.05) is 16.6 Å². The van der Waals surface area contributed by atoms with Crippen LogP contribution in [0.4, 0.5) is 0 Å². The second kappa shape index (κ2) is 5.10. The number of hydrogen-bond donors (Lipinski definition) is 1. The molecule has 3 fully saturated rings. The fourth-order valence-electron chi connectivity index (χ4n) is 5.74. The Labute approximate surface area is 150 Å². The van der Waals surface area contributed by atoms with E-state index in [1.54, 1.807) is 24.7 Å². The van der Waals surface area contributed by atoms with E-state index in [2.05, 4.69) is 6.08 Å². The lowest BCUT2D eigenvalue weighted by Gasteiger charge is -2.58. The number of esters is 2. The zero-order valence-corrected chi connectivity index (χ0v) is 14.4. The van der Waals surface area contributed by atoms with Gasteiger partial charge in [0.05, 0.1) is 24.5 Å². The maximum Gasteiger partial charge on any atom is 0.334 e. The molecular weight excluding hydrogens is 336 g/mol. The summed E-state index contributed by atoms with van der Waals surface area (Å²) in [6.45, 7) is 2.27. The van der Waals surface area contributed by atoms with E-state index in [4.69, 9.17) is 13.9 Å². The molecule has 136 valence electrons. The smallest absolute Gasteiger partial charge is 0.334 e. The predicted octanol–water partition coefficient (Wildman–Crippen LogP) is 2.31. The van der Waals surface area contributed by atoms with Crippen LogP contribution in [-0.2, 0) is 19.1 Å². The van der Waals surface area contributed by atoms with E-state index >= 15 is 0 Å². The molecule has 4 aliphatic rings. The van der Waals surface area contributed by atoms with E-state index in [-0.39, 0.29) is 24.5 Å². The van der Waals surface area contributed by atoms with Gasteiger partial charge >= 0.3 is 11.9 Å². The molecular formula is C20H20O6. The van der Waals surface area contributed by atoms with Crippen molar-refractivity contribution >= 4 is 11.9 Å². The van der Waals surface area contributed by atoms with E-state index in [1.165, 1.54) is 0 Å². The summed E-state index contributed by atoms with van der Waals surface area (Å²) in [5, 5.41) is 10.9. The van der Waals surface area contributed by atoms with E-state index in [1.807, 2.05) is 13.0 Å². The molecule has 2 aliphatic carbocycles. The van der Waals surface area contributed by atoms with Crippen LogP contribution in [0.5, 0.6) is 0 Å². The van der Waals surface area contributed by atoms with Gasteiger partial charge in [-0.2, -0.15) is 0 Å². The molecule has 0 unspecified atom stereocenters. The Morgan fingerprint density at radius 3 is 2.88 bits per heavy atom. The highest BCUT2D eigenvalue weighted by Crippen LogP contribution is 2.65. The molecule has 3 heterocycles. The first-order valence-electron chi connectivity index (χ1n) is 8.92. The maximum atomic E-state index is 12.8. The zero-order valence-electron chi connectivity index (χ0n) is 14.4. The number of furan rings is 1. The third-order valence-electron chi connectivity index (χ3n) is 6.81. The summed E-state index contributed by atoms with van der Waals surface area (Å²) < 4.78 is 16.2. The van der Waals surface area contributed by atoms with Gasteiger partial charge in [-0.25, -0.2) is 4.79 Å². The number of hydrogen-bond acceptors (Lipinski definition) is 6. The van der Waals surface area contributed by atoms with Crippen molar-refractivity contribution in [2.75, 3.05) is 6.61 Å². The number of allylic oxidation sites excluding steroid dienone is 3. The normalized spacial score (nSPS) is 43.7. The van der Waals surface area contributed by atoms with Crippen LogP contribution in [0, 0.1) is 22.7 Å². The lowest BCUT2D eigenvalue weighted by molar-refractivity contribution is -0.203. The van der Waals surface area contributed by atoms with Crippen LogP contribution >= 0.6 is 0 Å². The van der Waals surface area contributed by atoms with E-state index in [9.17, 15) is 14.7 Å². The number of ether oxygens (including phenoxy) is 2. The summed E-state index contributed by atoms with van der Waals surface area (Å²) in [6.07, 6.45) is 8.44. The van der Waals surface area contributed by atoms with Gasteiger partial charge in [0.2, 0.25) is 0 Å². The maximum absolute atomic E-state index is 12.8.